The molecule has 0 aliphatic carbocycles. The summed E-state index contributed by atoms with van der Waals surface area (Å²) in [5, 5.41) is 10.0. The minimum Gasteiger partial charge on any atom is -0.373 e. The molecule has 1 atom stereocenters. The molecule has 1 aliphatic heterocycles. The Kier molecular flexibility index (Phi) is 7.85. The monoisotopic (exact) mass is 378 g/mol. The third-order valence-electron chi connectivity index (χ3n) is 4.69. The largest absolute Gasteiger partial charge is 0.373 e. The Morgan fingerprint density at radius 3 is 2.93 bits per heavy atom. The first kappa shape index (κ1) is 19.9. The van der Waals surface area contributed by atoms with Gasteiger partial charge in [-0.05, 0) is 62.4 Å². The molecular weight excluding hydrogens is 348 g/mol. The molecular formula is C22H30N6. The van der Waals surface area contributed by atoms with Gasteiger partial charge in [0, 0.05) is 38.1 Å². The second-order valence-corrected chi connectivity index (χ2v) is 6.90. The van der Waals surface area contributed by atoms with Gasteiger partial charge in [-0.3, -0.25) is 9.98 Å². The molecule has 1 aliphatic rings. The lowest BCUT2D eigenvalue weighted by atomic mass is 10.0. The molecule has 0 amide bonds. The molecule has 0 saturated carbocycles. The van der Waals surface area contributed by atoms with E-state index >= 15 is 0 Å². The van der Waals surface area contributed by atoms with Gasteiger partial charge in [0.1, 0.15) is 17.5 Å². The second-order valence-electron chi connectivity index (χ2n) is 6.90. The first-order chi connectivity index (χ1) is 13.8. The highest BCUT2D eigenvalue weighted by Gasteiger charge is 2.12. The molecule has 0 radical (unpaired) electrons. The van der Waals surface area contributed by atoms with Gasteiger partial charge in [-0.25, -0.2) is 4.98 Å². The lowest BCUT2D eigenvalue weighted by molar-refractivity contribution is 0.543. The first-order valence-corrected chi connectivity index (χ1v) is 10.1. The van der Waals surface area contributed by atoms with Crippen molar-refractivity contribution in [2.24, 2.45) is 4.99 Å². The maximum Gasteiger partial charge on any atom is 0.128 e. The number of aromatic nitrogens is 2. The van der Waals surface area contributed by atoms with Crippen LogP contribution < -0.4 is 16.0 Å². The Labute approximate surface area is 167 Å². The van der Waals surface area contributed by atoms with Crippen LogP contribution in [0, 0.1) is 0 Å². The topological polar surface area (TPSA) is 74.2 Å². The molecule has 0 saturated heterocycles. The zero-order chi connectivity index (χ0) is 19.4. The molecule has 0 spiro atoms. The Balaban J connectivity index is 1.34. The number of aliphatic imine (C=N–C) groups is 1. The summed E-state index contributed by atoms with van der Waals surface area (Å²) in [6.07, 6.45) is 11.4. The summed E-state index contributed by atoms with van der Waals surface area (Å²) >= 11 is 0. The SMILES string of the molecule is CNc1cccc(NCCCC2CC=CC(=NCCCc3ccccn3)N2)n1. The van der Waals surface area contributed by atoms with Crippen LogP contribution in [0.5, 0.6) is 0 Å². The fourth-order valence-corrected chi connectivity index (χ4v) is 3.19. The highest BCUT2D eigenvalue weighted by molar-refractivity contribution is 5.93. The Bertz CT molecular complexity index is 772. The standard InChI is InChI=1S/C22H30N6/c1-23-20-12-5-14-22(28-20)26-17-7-11-19-9-4-13-21(27-19)25-16-6-10-18-8-2-3-15-24-18/h2-5,8,12-15,19H,6-7,9-11,16-17H2,1H3,(H,25,27)(H2,23,26,28). The summed E-state index contributed by atoms with van der Waals surface area (Å²) in [5.41, 5.74) is 1.13. The van der Waals surface area contributed by atoms with Crippen LogP contribution in [0.1, 0.15) is 31.4 Å². The fourth-order valence-electron chi connectivity index (χ4n) is 3.19. The number of anilines is 2. The molecule has 2 aromatic heterocycles. The van der Waals surface area contributed by atoms with E-state index in [2.05, 4.69) is 44.1 Å². The highest BCUT2D eigenvalue weighted by atomic mass is 15.1. The molecule has 2 aromatic rings. The average Bonchev–Trinajstić information content (AvgIpc) is 2.75. The number of nitrogens with zero attached hydrogens (tertiary/aromatic N) is 3. The van der Waals surface area contributed by atoms with Crippen molar-refractivity contribution in [2.75, 3.05) is 30.8 Å². The Morgan fingerprint density at radius 2 is 2.07 bits per heavy atom. The summed E-state index contributed by atoms with van der Waals surface area (Å²) in [4.78, 5) is 13.5. The van der Waals surface area contributed by atoms with Crippen LogP contribution in [0.2, 0.25) is 0 Å². The number of hydrogen-bond acceptors (Lipinski definition) is 5. The molecule has 0 fully saturated rings. The van der Waals surface area contributed by atoms with Crippen molar-refractivity contribution in [2.45, 2.75) is 38.1 Å². The maximum atomic E-state index is 4.70. The molecule has 28 heavy (non-hydrogen) atoms. The lowest BCUT2D eigenvalue weighted by Crippen LogP contribution is -2.36. The van der Waals surface area contributed by atoms with Gasteiger partial charge in [-0.1, -0.05) is 18.2 Å². The van der Waals surface area contributed by atoms with Gasteiger partial charge in [0.2, 0.25) is 0 Å². The number of amidine groups is 1. The molecule has 3 rings (SSSR count). The zero-order valence-corrected chi connectivity index (χ0v) is 16.6. The van der Waals surface area contributed by atoms with Crippen LogP contribution in [0.3, 0.4) is 0 Å². The third kappa shape index (κ3) is 6.68. The molecule has 6 nitrogen and oxygen atoms in total. The molecule has 148 valence electrons. The number of nitrogens with one attached hydrogen (secondary N) is 3. The van der Waals surface area contributed by atoms with Crippen molar-refractivity contribution in [1.82, 2.24) is 15.3 Å². The summed E-state index contributed by atoms with van der Waals surface area (Å²) in [6, 6.07) is 12.5. The van der Waals surface area contributed by atoms with E-state index in [0.29, 0.717) is 6.04 Å². The van der Waals surface area contributed by atoms with Crippen molar-refractivity contribution in [1.29, 1.82) is 0 Å². The van der Waals surface area contributed by atoms with E-state index in [1.165, 1.54) is 0 Å². The Morgan fingerprint density at radius 1 is 1.14 bits per heavy atom. The van der Waals surface area contributed by atoms with E-state index in [1.54, 1.807) is 0 Å². The summed E-state index contributed by atoms with van der Waals surface area (Å²) in [6.45, 7) is 1.74. The van der Waals surface area contributed by atoms with E-state index in [4.69, 9.17) is 4.99 Å². The van der Waals surface area contributed by atoms with Crippen molar-refractivity contribution >= 4 is 17.5 Å². The highest BCUT2D eigenvalue weighted by Crippen LogP contribution is 2.11. The smallest absolute Gasteiger partial charge is 0.128 e. The van der Waals surface area contributed by atoms with Gasteiger partial charge in [-0.15, -0.1) is 0 Å². The van der Waals surface area contributed by atoms with Crippen LogP contribution in [0.15, 0.2) is 59.7 Å². The van der Waals surface area contributed by atoms with Gasteiger partial charge < -0.3 is 16.0 Å². The molecule has 3 heterocycles. The van der Waals surface area contributed by atoms with Crippen molar-refractivity contribution in [3.8, 4) is 0 Å². The normalized spacial score (nSPS) is 17.3. The summed E-state index contributed by atoms with van der Waals surface area (Å²) in [5.74, 6) is 2.81. The predicted octanol–water partition coefficient (Wildman–Crippen LogP) is 3.66. The number of pyridine rings is 2. The van der Waals surface area contributed by atoms with E-state index in [0.717, 1.165) is 68.4 Å². The van der Waals surface area contributed by atoms with Crippen LogP contribution in [0.25, 0.3) is 0 Å². The summed E-state index contributed by atoms with van der Waals surface area (Å²) in [7, 11) is 1.88. The van der Waals surface area contributed by atoms with E-state index < -0.39 is 0 Å². The van der Waals surface area contributed by atoms with Gasteiger partial charge in [0.05, 0.1) is 0 Å². The van der Waals surface area contributed by atoms with E-state index in [1.807, 2.05) is 43.6 Å². The predicted molar refractivity (Wildman–Crippen MR) is 117 cm³/mol. The number of aryl methyl sites for hydroxylation is 1. The minimum atomic E-state index is 0.456. The number of rotatable bonds is 10. The number of hydrogen-bond donors (Lipinski definition) is 3. The van der Waals surface area contributed by atoms with Crippen LogP contribution in [-0.4, -0.2) is 42.0 Å². The molecule has 1 unspecified atom stereocenters. The average molecular weight is 379 g/mol. The molecule has 0 aromatic carbocycles. The second kappa shape index (κ2) is 11.1. The fraction of sp³-hybridized carbons (Fsp3) is 0.409. The third-order valence-corrected chi connectivity index (χ3v) is 4.69. The quantitative estimate of drug-likeness (QED) is 0.550. The lowest BCUT2D eigenvalue weighted by Gasteiger charge is -2.22. The van der Waals surface area contributed by atoms with Crippen molar-refractivity contribution < 1.29 is 0 Å². The van der Waals surface area contributed by atoms with Crippen LogP contribution >= 0.6 is 0 Å². The zero-order valence-electron chi connectivity index (χ0n) is 16.6. The molecule has 3 N–H and O–H groups in total. The van der Waals surface area contributed by atoms with Gasteiger partial charge in [0.25, 0.3) is 0 Å². The van der Waals surface area contributed by atoms with E-state index in [9.17, 15) is 0 Å². The van der Waals surface area contributed by atoms with Gasteiger partial charge in [-0.2, -0.15) is 0 Å². The molecule has 0 bridgehead atoms. The maximum absolute atomic E-state index is 4.70. The van der Waals surface area contributed by atoms with Crippen molar-refractivity contribution in [3.05, 3.63) is 60.4 Å². The van der Waals surface area contributed by atoms with Gasteiger partial charge >= 0.3 is 0 Å². The summed E-state index contributed by atoms with van der Waals surface area (Å²) < 4.78 is 0. The van der Waals surface area contributed by atoms with Gasteiger partial charge in [0.15, 0.2) is 0 Å². The van der Waals surface area contributed by atoms with Crippen molar-refractivity contribution in [3.63, 3.8) is 0 Å². The van der Waals surface area contributed by atoms with Crippen LogP contribution in [0.4, 0.5) is 11.6 Å². The minimum absolute atomic E-state index is 0.456. The Hall–Kier alpha value is -2.89. The van der Waals surface area contributed by atoms with Crippen LogP contribution in [-0.2, 0) is 6.42 Å². The molecule has 6 heteroatoms. The first-order valence-electron chi connectivity index (χ1n) is 10.1. The van der Waals surface area contributed by atoms with E-state index in [-0.39, 0.29) is 0 Å².